The SMILES string of the molecule is CN(c1ccccc1)c1c2c([n+](-c3ccccc3)c3ccccc13)CCCC2. The lowest BCUT2D eigenvalue weighted by Gasteiger charge is -2.27. The summed E-state index contributed by atoms with van der Waals surface area (Å²) >= 11 is 0. The van der Waals surface area contributed by atoms with Crippen LogP contribution in [0.4, 0.5) is 11.4 Å². The fourth-order valence-corrected chi connectivity index (χ4v) is 4.60. The summed E-state index contributed by atoms with van der Waals surface area (Å²) in [5, 5.41) is 1.32. The molecule has 0 amide bonds. The molecule has 0 saturated heterocycles. The van der Waals surface area contributed by atoms with Crippen LogP contribution in [0, 0.1) is 0 Å². The number of fused-ring (bicyclic) bond motifs is 2. The van der Waals surface area contributed by atoms with Gasteiger partial charge in [-0.3, -0.25) is 0 Å². The Bertz CT molecular complexity index is 1120. The Morgan fingerprint density at radius 1 is 0.714 bits per heavy atom. The molecule has 0 fully saturated rings. The first kappa shape index (κ1) is 17.0. The summed E-state index contributed by atoms with van der Waals surface area (Å²) in [5.74, 6) is 0. The Balaban J connectivity index is 1.86. The van der Waals surface area contributed by atoms with E-state index in [0.29, 0.717) is 0 Å². The van der Waals surface area contributed by atoms with E-state index in [4.69, 9.17) is 0 Å². The molecule has 1 aliphatic rings. The summed E-state index contributed by atoms with van der Waals surface area (Å²) in [6.07, 6.45) is 4.78. The predicted octanol–water partition coefficient (Wildman–Crippen LogP) is 5.76. The molecule has 138 valence electrons. The zero-order chi connectivity index (χ0) is 18.9. The van der Waals surface area contributed by atoms with Crippen molar-refractivity contribution in [3.05, 3.63) is 96.2 Å². The van der Waals surface area contributed by atoms with Gasteiger partial charge >= 0.3 is 0 Å². The molecule has 4 aromatic rings. The van der Waals surface area contributed by atoms with E-state index in [1.807, 2.05) is 0 Å². The van der Waals surface area contributed by atoms with Crippen molar-refractivity contribution in [3.8, 4) is 5.69 Å². The standard InChI is InChI=1S/C26H25N2/c1-27(20-12-4-2-5-13-20)26-22-16-8-10-18-24(22)28(21-14-6-3-7-15-21)25-19-11-9-17-23(25)26/h2-8,10,12-16,18H,9,11,17,19H2,1H3/q+1. The highest BCUT2D eigenvalue weighted by Gasteiger charge is 2.30. The van der Waals surface area contributed by atoms with Gasteiger partial charge in [-0.1, -0.05) is 48.5 Å². The second-order valence-electron chi connectivity index (χ2n) is 7.56. The first-order chi connectivity index (χ1) is 13.8. The van der Waals surface area contributed by atoms with Gasteiger partial charge in [0.1, 0.15) is 0 Å². The number of hydrogen-bond acceptors (Lipinski definition) is 1. The minimum Gasteiger partial charge on any atom is -0.344 e. The van der Waals surface area contributed by atoms with Gasteiger partial charge in [0.2, 0.25) is 11.2 Å². The first-order valence-electron chi connectivity index (χ1n) is 10.2. The zero-order valence-electron chi connectivity index (χ0n) is 16.3. The van der Waals surface area contributed by atoms with Gasteiger partial charge in [-0.2, -0.15) is 4.57 Å². The second-order valence-corrected chi connectivity index (χ2v) is 7.56. The summed E-state index contributed by atoms with van der Waals surface area (Å²) in [5.41, 5.74) is 8.11. The van der Waals surface area contributed by atoms with E-state index in [-0.39, 0.29) is 0 Å². The van der Waals surface area contributed by atoms with Crippen LogP contribution in [0.3, 0.4) is 0 Å². The van der Waals surface area contributed by atoms with Gasteiger partial charge in [0.05, 0.1) is 11.1 Å². The molecule has 0 aliphatic heterocycles. The third kappa shape index (κ3) is 2.77. The van der Waals surface area contributed by atoms with Crippen LogP contribution in [0.25, 0.3) is 16.6 Å². The van der Waals surface area contributed by atoms with Crippen molar-refractivity contribution in [3.63, 3.8) is 0 Å². The van der Waals surface area contributed by atoms with E-state index >= 15 is 0 Å². The summed E-state index contributed by atoms with van der Waals surface area (Å²) < 4.78 is 2.49. The van der Waals surface area contributed by atoms with Gasteiger partial charge in [0, 0.05) is 42.9 Å². The van der Waals surface area contributed by atoms with Gasteiger partial charge in [-0.25, -0.2) is 0 Å². The van der Waals surface area contributed by atoms with Crippen LogP contribution >= 0.6 is 0 Å². The number of anilines is 2. The average molecular weight is 366 g/mol. The molecular formula is C26H25N2+. The van der Waals surface area contributed by atoms with Gasteiger partial charge in [0.25, 0.3) is 0 Å². The topological polar surface area (TPSA) is 7.12 Å². The molecule has 1 aromatic heterocycles. The van der Waals surface area contributed by atoms with Crippen molar-refractivity contribution in [2.24, 2.45) is 0 Å². The van der Waals surface area contributed by atoms with E-state index < -0.39 is 0 Å². The summed E-state index contributed by atoms with van der Waals surface area (Å²) in [6.45, 7) is 0. The number of rotatable bonds is 3. The van der Waals surface area contributed by atoms with Crippen molar-refractivity contribution in [1.29, 1.82) is 0 Å². The minimum absolute atomic E-state index is 1.13. The fraction of sp³-hybridized carbons (Fsp3) is 0.192. The molecule has 0 N–H and O–H groups in total. The van der Waals surface area contributed by atoms with Gasteiger partial charge in [0.15, 0.2) is 5.69 Å². The van der Waals surface area contributed by atoms with E-state index in [1.54, 1.807) is 0 Å². The van der Waals surface area contributed by atoms with Crippen molar-refractivity contribution in [1.82, 2.24) is 0 Å². The maximum Gasteiger partial charge on any atom is 0.220 e. The van der Waals surface area contributed by atoms with Gasteiger partial charge in [-0.15, -0.1) is 0 Å². The highest BCUT2D eigenvalue weighted by molar-refractivity contribution is 5.94. The van der Waals surface area contributed by atoms with Crippen LogP contribution < -0.4 is 9.47 Å². The zero-order valence-corrected chi connectivity index (χ0v) is 16.3. The Morgan fingerprint density at radius 3 is 2.14 bits per heavy atom. The Labute approximate surface area is 166 Å². The lowest BCUT2D eigenvalue weighted by molar-refractivity contribution is -0.577. The molecule has 28 heavy (non-hydrogen) atoms. The largest absolute Gasteiger partial charge is 0.344 e. The van der Waals surface area contributed by atoms with Crippen LogP contribution in [0.5, 0.6) is 0 Å². The maximum atomic E-state index is 2.49. The number of aromatic nitrogens is 1. The number of para-hydroxylation sites is 3. The molecule has 0 bridgehead atoms. The van der Waals surface area contributed by atoms with Crippen molar-refractivity contribution in [2.45, 2.75) is 25.7 Å². The minimum atomic E-state index is 1.13. The van der Waals surface area contributed by atoms with Crippen LogP contribution in [0.15, 0.2) is 84.9 Å². The van der Waals surface area contributed by atoms with Crippen molar-refractivity contribution in [2.75, 3.05) is 11.9 Å². The molecule has 0 atom stereocenters. The third-order valence-electron chi connectivity index (χ3n) is 5.89. The lowest BCUT2D eigenvalue weighted by Crippen LogP contribution is -2.40. The molecule has 0 radical (unpaired) electrons. The van der Waals surface area contributed by atoms with Crippen LogP contribution in [-0.4, -0.2) is 7.05 Å². The summed E-state index contributed by atoms with van der Waals surface area (Å²) in [6, 6.07) is 30.4. The molecule has 1 aliphatic carbocycles. The monoisotopic (exact) mass is 365 g/mol. The second kappa shape index (κ2) is 7.12. The number of pyridine rings is 1. The molecule has 0 spiro atoms. The summed E-state index contributed by atoms with van der Waals surface area (Å²) in [7, 11) is 2.21. The Kier molecular flexibility index (Phi) is 4.32. The summed E-state index contributed by atoms with van der Waals surface area (Å²) in [4.78, 5) is 2.38. The smallest absolute Gasteiger partial charge is 0.220 e. The molecule has 3 aromatic carbocycles. The van der Waals surface area contributed by atoms with Gasteiger partial charge in [-0.05, 0) is 37.5 Å². The first-order valence-corrected chi connectivity index (χ1v) is 10.2. The van der Waals surface area contributed by atoms with E-state index in [0.717, 1.165) is 12.8 Å². The highest BCUT2D eigenvalue weighted by Crippen LogP contribution is 2.38. The molecule has 1 heterocycles. The third-order valence-corrected chi connectivity index (χ3v) is 5.89. The van der Waals surface area contributed by atoms with E-state index in [9.17, 15) is 0 Å². The van der Waals surface area contributed by atoms with Gasteiger partial charge < -0.3 is 4.90 Å². The fourth-order valence-electron chi connectivity index (χ4n) is 4.60. The molecular weight excluding hydrogens is 340 g/mol. The van der Waals surface area contributed by atoms with Crippen LogP contribution in [0.2, 0.25) is 0 Å². The predicted molar refractivity (Wildman–Crippen MR) is 117 cm³/mol. The lowest BCUT2D eigenvalue weighted by atomic mass is 9.91. The number of benzene rings is 3. The van der Waals surface area contributed by atoms with Crippen molar-refractivity contribution >= 4 is 22.3 Å². The Hall–Kier alpha value is -3.13. The molecule has 2 heteroatoms. The number of nitrogens with zero attached hydrogens (tertiary/aromatic N) is 2. The molecule has 5 rings (SSSR count). The maximum absolute atomic E-state index is 2.49. The quantitative estimate of drug-likeness (QED) is 0.419. The van der Waals surface area contributed by atoms with Crippen molar-refractivity contribution < 1.29 is 4.57 Å². The van der Waals surface area contributed by atoms with Crippen LogP contribution in [-0.2, 0) is 12.8 Å². The van der Waals surface area contributed by atoms with E-state index in [2.05, 4.69) is 101 Å². The molecule has 0 saturated carbocycles. The Morgan fingerprint density at radius 2 is 1.36 bits per heavy atom. The van der Waals surface area contributed by atoms with Crippen LogP contribution in [0.1, 0.15) is 24.1 Å². The highest BCUT2D eigenvalue weighted by atomic mass is 15.1. The normalized spacial score (nSPS) is 13.3. The average Bonchev–Trinajstić information content (AvgIpc) is 2.78. The molecule has 2 nitrogen and oxygen atoms in total. The number of hydrogen-bond donors (Lipinski definition) is 0. The van der Waals surface area contributed by atoms with E-state index in [1.165, 1.54) is 52.1 Å². The molecule has 0 unspecified atom stereocenters.